The molecule has 3 rings (SSSR count). The van der Waals surface area contributed by atoms with Crippen LogP contribution in [0.3, 0.4) is 0 Å². The molecule has 1 aromatic rings. The van der Waals surface area contributed by atoms with Gasteiger partial charge in [-0.2, -0.15) is 0 Å². The number of rotatable bonds is 2. The zero-order chi connectivity index (χ0) is 16.1. The summed E-state index contributed by atoms with van der Waals surface area (Å²) in [6, 6.07) is 0.395. The van der Waals surface area contributed by atoms with Crippen LogP contribution in [0.4, 0.5) is 10.6 Å². The van der Waals surface area contributed by atoms with E-state index in [1.54, 1.807) is 11.1 Å². The van der Waals surface area contributed by atoms with Gasteiger partial charge in [0.2, 0.25) is 0 Å². The molecule has 2 aliphatic rings. The first kappa shape index (κ1) is 15.3. The van der Waals surface area contributed by atoms with E-state index in [9.17, 15) is 4.79 Å². The zero-order valence-corrected chi connectivity index (χ0v) is 14.0. The molecule has 6 nitrogen and oxygen atoms in total. The average Bonchev–Trinajstić information content (AvgIpc) is 2.89. The Labute approximate surface area is 135 Å². The molecule has 2 heterocycles. The van der Waals surface area contributed by atoms with Crippen LogP contribution in [0, 0.1) is 11.8 Å². The number of hydrogen-bond acceptors (Lipinski definition) is 5. The number of fused-ring (bicyclic) bond motifs is 1. The van der Waals surface area contributed by atoms with Crippen molar-refractivity contribution < 1.29 is 9.53 Å². The standard InChI is InChI=1S/C15H21ClN4O2/c1-15(2,3)22-14(21)20-7-9-10(8-20)13(9)19(4)12-6-17-5-11(16)18-12/h5-6,9-10,13H,7-8H2,1-4H3/t9-,10+,13?. The van der Waals surface area contributed by atoms with Crippen LogP contribution >= 0.6 is 11.6 Å². The predicted molar refractivity (Wildman–Crippen MR) is 84.0 cm³/mol. The first-order chi connectivity index (χ1) is 10.3. The van der Waals surface area contributed by atoms with Crippen molar-refractivity contribution >= 4 is 23.5 Å². The Morgan fingerprint density at radius 2 is 2.00 bits per heavy atom. The fourth-order valence-corrected chi connectivity index (χ4v) is 3.34. The predicted octanol–water partition coefficient (Wildman–Crippen LogP) is 2.43. The van der Waals surface area contributed by atoms with Gasteiger partial charge in [0.15, 0.2) is 0 Å². The van der Waals surface area contributed by atoms with Crippen LogP contribution in [-0.4, -0.2) is 52.7 Å². The molecule has 22 heavy (non-hydrogen) atoms. The number of piperidine rings is 1. The molecule has 0 spiro atoms. The number of halogens is 1. The number of carbonyl (C=O) groups is 1. The van der Waals surface area contributed by atoms with Gasteiger partial charge in [-0.15, -0.1) is 0 Å². The summed E-state index contributed by atoms with van der Waals surface area (Å²) in [4.78, 5) is 24.3. The van der Waals surface area contributed by atoms with Crippen molar-refractivity contribution in [2.75, 3.05) is 25.0 Å². The fraction of sp³-hybridized carbons (Fsp3) is 0.667. The Morgan fingerprint density at radius 1 is 1.36 bits per heavy atom. The molecule has 1 saturated heterocycles. The van der Waals surface area contributed by atoms with E-state index >= 15 is 0 Å². The van der Waals surface area contributed by atoms with Crippen molar-refractivity contribution in [1.82, 2.24) is 14.9 Å². The number of anilines is 1. The molecule has 1 aliphatic carbocycles. The maximum absolute atomic E-state index is 12.1. The van der Waals surface area contributed by atoms with Gasteiger partial charge < -0.3 is 14.5 Å². The van der Waals surface area contributed by atoms with Crippen LogP contribution in [0.1, 0.15) is 20.8 Å². The largest absolute Gasteiger partial charge is 0.444 e. The number of ether oxygens (including phenoxy) is 1. The molecule has 1 amide bonds. The lowest BCUT2D eigenvalue weighted by Crippen LogP contribution is -2.39. The van der Waals surface area contributed by atoms with Gasteiger partial charge in [-0.25, -0.2) is 9.78 Å². The van der Waals surface area contributed by atoms with Crippen LogP contribution in [0.5, 0.6) is 0 Å². The molecule has 120 valence electrons. The maximum atomic E-state index is 12.1. The van der Waals surface area contributed by atoms with Crippen molar-refractivity contribution in [1.29, 1.82) is 0 Å². The third-order valence-electron chi connectivity index (χ3n) is 4.20. The lowest BCUT2D eigenvalue weighted by atomic mass is 10.2. The minimum Gasteiger partial charge on any atom is -0.444 e. The number of likely N-dealkylation sites (tertiary alicyclic amines) is 1. The summed E-state index contributed by atoms with van der Waals surface area (Å²) in [6.45, 7) is 7.13. The van der Waals surface area contributed by atoms with Crippen LogP contribution in [0.2, 0.25) is 5.15 Å². The van der Waals surface area contributed by atoms with E-state index in [2.05, 4.69) is 14.9 Å². The van der Waals surface area contributed by atoms with Crippen LogP contribution < -0.4 is 4.90 Å². The van der Waals surface area contributed by atoms with Crippen LogP contribution in [0.15, 0.2) is 12.4 Å². The number of aromatic nitrogens is 2. The van der Waals surface area contributed by atoms with E-state index in [0.29, 0.717) is 23.0 Å². The zero-order valence-electron chi connectivity index (χ0n) is 13.3. The normalized spacial score (nSPS) is 26.6. The van der Waals surface area contributed by atoms with Crippen LogP contribution in [0.25, 0.3) is 0 Å². The second-order valence-electron chi connectivity index (χ2n) is 7.01. The van der Waals surface area contributed by atoms with Gasteiger partial charge in [0, 0.05) is 38.0 Å². The number of amides is 1. The minimum absolute atomic E-state index is 0.219. The van der Waals surface area contributed by atoms with Gasteiger partial charge in [-0.05, 0) is 20.8 Å². The summed E-state index contributed by atoms with van der Waals surface area (Å²) in [6.07, 6.45) is 3.02. The Kier molecular flexibility index (Phi) is 3.67. The first-order valence-electron chi connectivity index (χ1n) is 7.44. The highest BCUT2D eigenvalue weighted by Crippen LogP contribution is 2.49. The quantitative estimate of drug-likeness (QED) is 0.836. The van der Waals surface area contributed by atoms with Gasteiger partial charge in [-0.3, -0.25) is 4.98 Å². The average molecular weight is 325 g/mol. The second-order valence-corrected chi connectivity index (χ2v) is 7.40. The van der Waals surface area contributed by atoms with Gasteiger partial charge in [-0.1, -0.05) is 11.6 Å². The van der Waals surface area contributed by atoms with Crippen molar-refractivity contribution in [3.05, 3.63) is 17.5 Å². The molecule has 0 aromatic carbocycles. The SMILES string of the molecule is CN(c1cncc(Cl)n1)C1[C@H]2CN(C(=O)OC(C)(C)C)C[C@@H]12. The second kappa shape index (κ2) is 5.26. The molecule has 3 atom stereocenters. The highest BCUT2D eigenvalue weighted by molar-refractivity contribution is 6.29. The molecule has 1 saturated carbocycles. The summed E-state index contributed by atoms with van der Waals surface area (Å²) in [5.41, 5.74) is -0.448. The topological polar surface area (TPSA) is 58.6 Å². The summed E-state index contributed by atoms with van der Waals surface area (Å²) in [7, 11) is 2.00. The molecule has 1 aromatic heterocycles. The lowest BCUT2D eigenvalue weighted by Gasteiger charge is -2.27. The maximum Gasteiger partial charge on any atom is 0.410 e. The molecule has 0 bridgehead atoms. The lowest BCUT2D eigenvalue weighted by molar-refractivity contribution is 0.0271. The Morgan fingerprint density at radius 3 is 2.55 bits per heavy atom. The van der Waals surface area contributed by atoms with Gasteiger partial charge >= 0.3 is 6.09 Å². The van der Waals surface area contributed by atoms with Crippen molar-refractivity contribution in [2.45, 2.75) is 32.4 Å². The summed E-state index contributed by atoms with van der Waals surface area (Å²) < 4.78 is 5.42. The smallest absolute Gasteiger partial charge is 0.410 e. The summed E-state index contributed by atoms with van der Waals surface area (Å²) in [5, 5.41) is 0.394. The summed E-state index contributed by atoms with van der Waals surface area (Å²) in [5.74, 6) is 1.72. The fourth-order valence-electron chi connectivity index (χ4n) is 3.20. The van der Waals surface area contributed by atoms with E-state index in [-0.39, 0.29) is 6.09 Å². The van der Waals surface area contributed by atoms with Gasteiger partial charge in [0.05, 0.1) is 12.4 Å². The number of nitrogens with zero attached hydrogens (tertiary/aromatic N) is 4. The van der Waals surface area contributed by atoms with Crippen molar-refractivity contribution in [2.24, 2.45) is 11.8 Å². The number of carbonyl (C=O) groups excluding carboxylic acids is 1. The van der Waals surface area contributed by atoms with Crippen molar-refractivity contribution in [3.8, 4) is 0 Å². The van der Waals surface area contributed by atoms with E-state index in [1.165, 1.54) is 6.20 Å². The monoisotopic (exact) mass is 324 g/mol. The Balaban J connectivity index is 1.58. The molecular formula is C15H21ClN4O2. The third-order valence-corrected chi connectivity index (χ3v) is 4.38. The Hall–Kier alpha value is -1.56. The Bertz CT molecular complexity index is 577. The summed E-state index contributed by atoms with van der Waals surface area (Å²) >= 11 is 5.89. The van der Waals surface area contributed by atoms with E-state index in [0.717, 1.165) is 18.9 Å². The first-order valence-corrected chi connectivity index (χ1v) is 7.82. The van der Waals surface area contributed by atoms with E-state index in [4.69, 9.17) is 16.3 Å². The highest BCUT2D eigenvalue weighted by Gasteiger charge is 2.59. The highest BCUT2D eigenvalue weighted by atomic mass is 35.5. The molecule has 0 N–H and O–H groups in total. The molecule has 2 fully saturated rings. The van der Waals surface area contributed by atoms with E-state index < -0.39 is 5.60 Å². The van der Waals surface area contributed by atoms with Gasteiger partial charge in [0.1, 0.15) is 16.6 Å². The van der Waals surface area contributed by atoms with E-state index in [1.807, 2.05) is 27.8 Å². The molecule has 1 unspecified atom stereocenters. The molecule has 7 heteroatoms. The van der Waals surface area contributed by atoms with Gasteiger partial charge in [0.25, 0.3) is 0 Å². The van der Waals surface area contributed by atoms with Crippen molar-refractivity contribution in [3.63, 3.8) is 0 Å². The molecule has 0 radical (unpaired) electrons. The molecule has 1 aliphatic heterocycles. The number of hydrogen-bond donors (Lipinski definition) is 0. The molecular weight excluding hydrogens is 304 g/mol. The third kappa shape index (κ3) is 2.97. The van der Waals surface area contributed by atoms with Crippen LogP contribution in [-0.2, 0) is 4.74 Å². The minimum atomic E-state index is -0.448.